The van der Waals surface area contributed by atoms with E-state index >= 15 is 0 Å². The molecule has 0 saturated heterocycles. The molecule has 0 amide bonds. The van der Waals surface area contributed by atoms with Crippen LogP contribution in [0.5, 0.6) is 5.75 Å². The van der Waals surface area contributed by atoms with Gasteiger partial charge < -0.3 is 9.63 Å². The Bertz CT molecular complexity index is 738. The lowest BCUT2D eigenvalue weighted by Gasteiger charge is -1.99. The van der Waals surface area contributed by atoms with Crippen LogP contribution in [0.1, 0.15) is 22.8 Å². The van der Waals surface area contributed by atoms with Gasteiger partial charge >= 0.3 is 0 Å². The topological polar surface area (TPSA) is 59.2 Å². The first-order valence-electron chi connectivity index (χ1n) is 6.53. The minimum atomic E-state index is 0.240. The molecule has 0 aliphatic rings. The van der Waals surface area contributed by atoms with E-state index in [-0.39, 0.29) is 5.75 Å². The van der Waals surface area contributed by atoms with Crippen LogP contribution in [0.2, 0.25) is 5.02 Å². The molecule has 0 aliphatic carbocycles. The van der Waals surface area contributed by atoms with Crippen molar-refractivity contribution in [2.75, 3.05) is 0 Å². The molecular weight excluding hydrogens is 288 g/mol. The van der Waals surface area contributed by atoms with Gasteiger partial charge in [0.1, 0.15) is 5.75 Å². The van der Waals surface area contributed by atoms with Gasteiger partial charge in [-0.2, -0.15) is 4.98 Å². The van der Waals surface area contributed by atoms with E-state index in [4.69, 9.17) is 16.1 Å². The average Bonchev–Trinajstić information content (AvgIpc) is 2.91. The van der Waals surface area contributed by atoms with Crippen LogP contribution in [-0.2, 0) is 12.8 Å². The highest BCUT2D eigenvalue weighted by atomic mass is 35.5. The maximum absolute atomic E-state index is 9.25. The van der Waals surface area contributed by atoms with Crippen LogP contribution >= 0.6 is 11.6 Å². The lowest BCUT2D eigenvalue weighted by atomic mass is 10.1. The molecule has 4 nitrogen and oxygen atoms in total. The van der Waals surface area contributed by atoms with Gasteiger partial charge in [-0.05, 0) is 29.3 Å². The number of halogens is 1. The van der Waals surface area contributed by atoms with E-state index < -0.39 is 0 Å². The predicted octanol–water partition coefficient (Wildman–Crippen LogP) is 3.61. The Morgan fingerprint density at radius 1 is 1.00 bits per heavy atom. The van der Waals surface area contributed by atoms with Crippen LogP contribution in [0.4, 0.5) is 0 Å². The molecule has 2 aromatic carbocycles. The molecule has 0 spiro atoms. The lowest BCUT2D eigenvalue weighted by Crippen LogP contribution is -1.93. The highest BCUT2D eigenvalue weighted by molar-refractivity contribution is 6.31. The number of phenolic OH excluding ortho intramolecular Hbond substituents is 1. The molecule has 0 atom stereocenters. The highest BCUT2D eigenvalue weighted by Gasteiger charge is 2.09. The molecule has 1 aromatic heterocycles. The summed E-state index contributed by atoms with van der Waals surface area (Å²) in [4.78, 5) is 4.37. The van der Waals surface area contributed by atoms with Gasteiger partial charge in [-0.1, -0.05) is 47.1 Å². The lowest BCUT2D eigenvalue weighted by molar-refractivity contribution is 0.380. The van der Waals surface area contributed by atoms with Crippen LogP contribution in [0.15, 0.2) is 53.1 Å². The van der Waals surface area contributed by atoms with E-state index in [1.165, 1.54) is 0 Å². The minimum Gasteiger partial charge on any atom is -0.508 e. The number of nitrogens with zero attached hydrogens (tertiary/aromatic N) is 2. The Hall–Kier alpha value is -2.33. The molecule has 0 saturated carbocycles. The van der Waals surface area contributed by atoms with E-state index in [1.54, 1.807) is 12.1 Å². The summed E-state index contributed by atoms with van der Waals surface area (Å²) in [6.45, 7) is 0. The van der Waals surface area contributed by atoms with Gasteiger partial charge in [-0.25, -0.2) is 0 Å². The van der Waals surface area contributed by atoms with Crippen molar-refractivity contribution in [3.8, 4) is 5.75 Å². The number of benzene rings is 2. The summed E-state index contributed by atoms with van der Waals surface area (Å²) in [5, 5.41) is 13.9. The van der Waals surface area contributed by atoms with Gasteiger partial charge in [-0.15, -0.1) is 0 Å². The third kappa shape index (κ3) is 3.41. The predicted molar refractivity (Wildman–Crippen MR) is 79.5 cm³/mol. The van der Waals surface area contributed by atoms with Crippen LogP contribution < -0.4 is 0 Å². The summed E-state index contributed by atoms with van der Waals surface area (Å²) in [7, 11) is 0. The van der Waals surface area contributed by atoms with Crippen LogP contribution in [0, 0.1) is 0 Å². The highest BCUT2D eigenvalue weighted by Crippen LogP contribution is 2.18. The van der Waals surface area contributed by atoms with Crippen molar-refractivity contribution in [1.29, 1.82) is 0 Å². The third-order valence-corrected chi connectivity index (χ3v) is 3.48. The summed E-state index contributed by atoms with van der Waals surface area (Å²) in [6.07, 6.45) is 1.08. The molecule has 21 heavy (non-hydrogen) atoms. The summed E-state index contributed by atoms with van der Waals surface area (Å²) in [6, 6.07) is 14.5. The van der Waals surface area contributed by atoms with Crippen molar-refractivity contribution in [2.24, 2.45) is 0 Å². The summed E-state index contributed by atoms with van der Waals surface area (Å²) in [5.74, 6) is 1.39. The van der Waals surface area contributed by atoms with Crippen molar-refractivity contribution in [2.45, 2.75) is 12.8 Å². The fourth-order valence-corrected chi connectivity index (χ4v) is 2.24. The normalized spacial score (nSPS) is 10.7. The number of aromatic nitrogens is 2. The Balaban J connectivity index is 1.72. The molecule has 1 N–H and O–H groups in total. The second-order valence-corrected chi connectivity index (χ2v) is 5.12. The number of hydrogen-bond acceptors (Lipinski definition) is 4. The van der Waals surface area contributed by atoms with Crippen molar-refractivity contribution in [1.82, 2.24) is 10.1 Å². The molecule has 0 aliphatic heterocycles. The molecule has 0 bridgehead atoms. The first-order valence-corrected chi connectivity index (χ1v) is 6.91. The fraction of sp³-hybridized carbons (Fsp3) is 0.125. The van der Waals surface area contributed by atoms with E-state index in [0.717, 1.165) is 11.1 Å². The van der Waals surface area contributed by atoms with Crippen LogP contribution in [-0.4, -0.2) is 15.2 Å². The molecule has 0 unspecified atom stereocenters. The van der Waals surface area contributed by atoms with Crippen molar-refractivity contribution >= 4 is 11.6 Å². The zero-order valence-corrected chi connectivity index (χ0v) is 11.9. The molecule has 3 rings (SSSR count). The monoisotopic (exact) mass is 300 g/mol. The second-order valence-electron chi connectivity index (χ2n) is 4.72. The first-order chi connectivity index (χ1) is 10.2. The molecule has 0 fully saturated rings. The maximum Gasteiger partial charge on any atom is 0.231 e. The fourth-order valence-electron chi connectivity index (χ4n) is 2.03. The quantitative estimate of drug-likeness (QED) is 0.799. The Labute approximate surface area is 127 Å². The van der Waals surface area contributed by atoms with Gasteiger partial charge in [-0.3, -0.25) is 0 Å². The summed E-state index contributed by atoms with van der Waals surface area (Å²) >= 11 is 6.12. The molecule has 3 aromatic rings. The molecule has 1 heterocycles. The van der Waals surface area contributed by atoms with Crippen LogP contribution in [0.25, 0.3) is 0 Å². The summed E-state index contributed by atoms with van der Waals surface area (Å²) in [5.41, 5.74) is 1.97. The standard InChI is InChI=1S/C16H13ClN2O2/c17-14-4-2-1-3-12(14)10-15-18-16(21-19-15)9-11-5-7-13(20)8-6-11/h1-8,20H,9-10H2. The van der Waals surface area contributed by atoms with Crippen molar-refractivity contribution in [3.05, 3.63) is 76.4 Å². The smallest absolute Gasteiger partial charge is 0.231 e. The third-order valence-electron chi connectivity index (χ3n) is 3.11. The van der Waals surface area contributed by atoms with E-state index in [9.17, 15) is 5.11 Å². The van der Waals surface area contributed by atoms with Gasteiger partial charge in [0.25, 0.3) is 0 Å². The SMILES string of the molecule is Oc1ccc(Cc2nc(Cc3ccccc3Cl)no2)cc1. The maximum atomic E-state index is 9.25. The van der Waals surface area contributed by atoms with Crippen molar-refractivity contribution < 1.29 is 9.63 Å². The van der Waals surface area contributed by atoms with Crippen LogP contribution in [0.3, 0.4) is 0 Å². The summed E-state index contributed by atoms with van der Waals surface area (Å²) < 4.78 is 5.24. The number of aromatic hydroxyl groups is 1. The van der Waals surface area contributed by atoms with Gasteiger partial charge in [0.05, 0.1) is 6.42 Å². The molecule has 106 valence electrons. The number of phenols is 1. The largest absolute Gasteiger partial charge is 0.508 e. The van der Waals surface area contributed by atoms with E-state index in [2.05, 4.69) is 10.1 Å². The number of rotatable bonds is 4. The van der Waals surface area contributed by atoms with Crippen molar-refractivity contribution in [3.63, 3.8) is 0 Å². The Morgan fingerprint density at radius 3 is 2.52 bits per heavy atom. The second kappa shape index (κ2) is 5.97. The average molecular weight is 301 g/mol. The Kier molecular flexibility index (Phi) is 3.88. The molecule has 5 heteroatoms. The van der Waals surface area contributed by atoms with Gasteiger partial charge in [0.2, 0.25) is 5.89 Å². The van der Waals surface area contributed by atoms with E-state index in [0.29, 0.717) is 29.6 Å². The zero-order valence-electron chi connectivity index (χ0n) is 11.2. The first kappa shape index (κ1) is 13.6. The Morgan fingerprint density at radius 2 is 1.76 bits per heavy atom. The molecule has 0 radical (unpaired) electrons. The number of hydrogen-bond donors (Lipinski definition) is 1. The minimum absolute atomic E-state index is 0.240. The van der Waals surface area contributed by atoms with Gasteiger partial charge in [0.15, 0.2) is 5.82 Å². The van der Waals surface area contributed by atoms with E-state index in [1.807, 2.05) is 36.4 Å². The van der Waals surface area contributed by atoms with Gasteiger partial charge in [0, 0.05) is 11.4 Å². The molecular formula is C16H13ClN2O2. The zero-order chi connectivity index (χ0) is 14.7.